The van der Waals surface area contributed by atoms with Crippen LogP contribution in [0.1, 0.15) is 18.4 Å². The molecular formula is C14H19FN2O. The van der Waals surface area contributed by atoms with Crippen LogP contribution >= 0.6 is 0 Å². The van der Waals surface area contributed by atoms with E-state index in [0.717, 1.165) is 24.9 Å². The van der Waals surface area contributed by atoms with Gasteiger partial charge in [0.1, 0.15) is 5.82 Å². The molecule has 0 spiro atoms. The summed E-state index contributed by atoms with van der Waals surface area (Å²) in [5.41, 5.74) is 6.44. The number of nitrogens with two attached hydrogens (primary N) is 1. The molecule has 0 saturated heterocycles. The molecule has 18 heavy (non-hydrogen) atoms. The summed E-state index contributed by atoms with van der Waals surface area (Å²) in [6, 6.07) is 6.50. The van der Waals surface area contributed by atoms with Gasteiger partial charge in [-0.2, -0.15) is 0 Å². The molecule has 2 rings (SSSR count). The van der Waals surface area contributed by atoms with Gasteiger partial charge in [0.2, 0.25) is 5.91 Å². The van der Waals surface area contributed by atoms with E-state index in [0.29, 0.717) is 12.0 Å². The monoisotopic (exact) mass is 250 g/mol. The molecule has 0 heterocycles. The molecule has 98 valence electrons. The van der Waals surface area contributed by atoms with Crippen LogP contribution in [0.2, 0.25) is 0 Å². The zero-order valence-electron chi connectivity index (χ0n) is 10.6. The molecule has 1 fully saturated rings. The second kappa shape index (κ2) is 5.48. The lowest BCUT2D eigenvalue weighted by Crippen LogP contribution is -2.43. The number of hydrogen-bond donors (Lipinski definition) is 1. The molecule has 1 aliphatic carbocycles. The van der Waals surface area contributed by atoms with E-state index in [2.05, 4.69) is 0 Å². The zero-order valence-corrected chi connectivity index (χ0v) is 10.6. The van der Waals surface area contributed by atoms with E-state index in [1.54, 1.807) is 24.1 Å². The zero-order chi connectivity index (χ0) is 13.1. The van der Waals surface area contributed by atoms with E-state index >= 15 is 0 Å². The van der Waals surface area contributed by atoms with Gasteiger partial charge >= 0.3 is 0 Å². The van der Waals surface area contributed by atoms with Gasteiger partial charge in [0.05, 0.1) is 6.42 Å². The first-order valence-electron chi connectivity index (χ1n) is 6.28. The number of benzene rings is 1. The SMILES string of the molecule is CN(CC1CC(N)C1)C(=O)Cc1cccc(F)c1. The van der Waals surface area contributed by atoms with Crippen LogP contribution in [-0.2, 0) is 11.2 Å². The van der Waals surface area contributed by atoms with Crippen LogP contribution in [0.15, 0.2) is 24.3 Å². The van der Waals surface area contributed by atoms with Gasteiger partial charge in [-0.1, -0.05) is 12.1 Å². The van der Waals surface area contributed by atoms with Crippen molar-refractivity contribution in [1.29, 1.82) is 0 Å². The molecule has 0 aromatic heterocycles. The predicted molar refractivity (Wildman–Crippen MR) is 68.4 cm³/mol. The van der Waals surface area contributed by atoms with Crippen molar-refractivity contribution in [2.75, 3.05) is 13.6 Å². The molecule has 0 unspecified atom stereocenters. The smallest absolute Gasteiger partial charge is 0.226 e. The predicted octanol–water partition coefficient (Wildman–Crippen LogP) is 1.56. The largest absolute Gasteiger partial charge is 0.345 e. The van der Waals surface area contributed by atoms with Crippen LogP contribution in [0.25, 0.3) is 0 Å². The first-order chi connectivity index (χ1) is 8.54. The highest BCUT2D eigenvalue weighted by molar-refractivity contribution is 5.78. The van der Waals surface area contributed by atoms with Crippen LogP contribution < -0.4 is 5.73 Å². The van der Waals surface area contributed by atoms with Gasteiger partial charge in [-0.15, -0.1) is 0 Å². The Kier molecular flexibility index (Phi) is 3.97. The van der Waals surface area contributed by atoms with Crippen LogP contribution in [0.5, 0.6) is 0 Å². The van der Waals surface area contributed by atoms with Crippen molar-refractivity contribution in [2.24, 2.45) is 11.7 Å². The minimum Gasteiger partial charge on any atom is -0.345 e. The van der Waals surface area contributed by atoms with Gasteiger partial charge in [-0.3, -0.25) is 4.79 Å². The van der Waals surface area contributed by atoms with E-state index in [4.69, 9.17) is 5.73 Å². The van der Waals surface area contributed by atoms with Crippen molar-refractivity contribution in [2.45, 2.75) is 25.3 Å². The van der Waals surface area contributed by atoms with E-state index in [1.165, 1.54) is 12.1 Å². The number of rotatable bonds is 4. The maximum atomic E-state index is 13.0. The second-order valence-electron chi connectivity index (χ2n) is 5.18. The Balaban J connectivity index is 1.83. The third kappa shape index (κ3) is 3.29. The maximum Gasteiger partial charge on any atom is 0.226 e. The summed E-state index contributed by atoms with van der Waals surface area (Å²) in [7, 11) is 1.80. The normalized spacial score (nSPS) is 22.4. The summed E-state index contributed by atoms with van der Waals surface area (Å²) in [5, 5.41) is 0. The molecule has 1 amide bonds. The van der Waals surface area contributed by atoms with E-state index < -0.39 is 0 Å². The van der Waals surface area contributed by atoms with E-state index in [1.807, 2.05) is 0 Å². The number of hydrogen-bond acceptors (Lipinski definition) is 2. The van der Waals surface area contributed by atoms with Crippen LogP contribution in [-0.4, -0.2) is 30.4 Å². The van der Waals surface area contributed by atoms with Gasteiger partial charge in [0.15, 0.2) is 0 Å². The van der Waals surface area contributed by atoms with Crippen molar-refractivity contribution < 1.29 is 9.18 Å². The average molecular weight is 250 g/mol. The van der Waals surface area contributed by atoms with Crippen molar-refractivity contribution in [3.8, 4) is 0 Å². The summed E-state index contributed by atoms with van der Waals surface area (Å²) in [6.07, 6.45) is 2.25. The van der Waals surface area contributed by atoms with Crippen LogP contribution in [0.4, 0.5) is 4.39 Å². The van der Waals surface area contributed by atoms with Gasteiger partial charge in [0, 0.05) is 19.6 Å². The molecule has 1 aromatic rings. The first kappa shape index (κ1) is 13.0. The van der Waals surface area contributed by atoms with Crippen molar-refractivity contribution >= 4 is 5.91 Å². The molecule has 1 aliphatic rings. The quantitative estimate of drug-likeness (QED) is 0.881. The number of carbonyl (C=O) groups excluding carboxylic acids is 1. The van der Waals surface area contributed by atoms with E-state index in [9.17, 15) is 9.18 Å². The number of nitrogens with zero attached hydrogens (tertiary/aromatic N) is 1. The molecule has 4 heteroatoms. The molecule has 3 nitrogen and oxygen atoms in total. The highest BCUT2D eigenvalue weighted by atomic mass is 19.1. The fourth-order valence-corrected chi connectivity index (χ4v) is 2.38. The van der Waals surface area contributed by atoms with Crippen LogP contribution in [0, 0.1) is 11.7 Å². The maximum absolute atomic E-state index is 13.0. The Morgan fingerprint density at radius 2 is 2.22 bits per heavy atom. The summed E-state index contributed by atoms with van der Waals surface area (Å²) in [5.74, 6) is 0.260. The Hall–Kier alpha value is -1.42. The highest BCUT2D eigenvalue weighted by Crippen LogP contribution is 2.26. The van der Waals surface area contributed by atoms with Gasteiger partial charge < -0.3 is 10.6 Å². The number of amides is 1. The Morgan fingerprint density at radius 1 is 1.50 bits per heavy atom. The Morgan fingerprint density at radius 3 is 2.83 bits per heavy atom. The lowest BCUT2D eigenvalue weighted by molar-refractivity contribution is -0.130. The Labute approximate surface area is 107 Å². The third-order valence-corrected chi connectivity index (χ3v) is 3.47. The molecular weight excluding hydrogens is 231 g/mol. The van der Waals surface area contributed by atoms with E-state index in [-0.39, 0.29) is 18.1 Å². The summed E-state index contributed by atoms with van der Waals surface area (Å²) >= 11 is 0. The van der Waals surface area contributed by atoms with Crippen LogP contribution in [0.3, 0.4) is 0 Å². The van der Waals surface area contributed by atoms with Gasteiger partial charge in [-0.25, -0.2) is 4.39 Å². The topological polar surface area (TPSA) is 46.3 Å². The van der Waals surface area contributed by atoms with Crippen molar-refractivity contribution in [3.63, 3.8) is 0 Å². The molecule has 0 atom stereocenters. The molecule has 0 radical (unpaired) electrons. The molecule has 2 N–H and O–H groups in total. The molecule has 0 bridgehead atoms. The summed E-state index contributed by atoms with van der Waals surface area (Å²) in [4.78, 5) is 13.7. The average Bonchev–Trinajstić information content (AvgIpc) is 2.26. The van der Waals surface area contributed by atoms with Gasteiger partial charge in [0.25, 0.3) is 0 Å². The fraction of sp³-hybridized carbons (Fsp3) is 0.500. The third-order valence-electron chi connectivity index (χ3n) is 3.47. The molecule has 1 aromatic carbocycles. The Bertz CT molecular complexity index is 430. The number of halogens is 1. The summed E-state index contributed by atoms with van der Waals surface area (Å²) in [6.45, 7) is 0.752. The lowest BCUT2D eigenvalue weighted by Gasteiger charge is -2.35. The summed E-state index contributed by atoms with van der Waals surface area (Å²) < 4.78 is 13.0. The molecule has 1 saturated carbocycles. The molecule has 0 aliphatic heterocycles. The minimum absolute atomic E-state index is 0.0288. The minimum atomic E-state index is -0.298. The van der Waals surface area contributed by atoms with Gasteiger partial charge in [-0.05, 0) is 36.5 Å². The number of likely N-dealkylation sites (N-methyl/N-ethyl adjacent to an activating group) is 1. The second-order valence-corrected chi connectivity index (χ2v) is 5.18. The standard InChI is InChI=1S/C14H19FN2O/c1-17(9-11-6-13(16)7-11)14(18)8-10-3-2-4-12(15)5-10/h2-5,11,13H,6-9,16H2,1H3. The number of carbonyl (C=O) groups is 1. The fourth-order valence-electron chi connectivity index (χ4n) is 2.38. The van der Waals surface area contributed by atoms with Crippen molar-refractivity contribution in [3.05, 3.63) is 35.6 Å². The highest BCUT2D eigenvalue weighted by Gasteiger charge is 2.27. The lowest BCUT2D eigenvalue weighted by atomic mass is 9.80. The first-order valence-corrected chi connectivity index (χ1v) is 6.28. The van der Waals surface area contributed by atoms with Crippen molar-refractivity contribution in [1.82, 2.24) is 4.90 Å².